The maximum atomic E-state index is 11.8. The van der Waals surface area contributed by atoms with E-state index in [1.54, 1.807) is 18.2 Å². The van der Waals surface area contributed by atoms with Gasteiger partial charge in [-0.05, 0) is 25.1 Å². The van der Waals surface area contributed by atoms with Crippen molar-refractivity contribution in [3.63, 3.8) is 0 Å². The van der Waals surface area contributed by atoms with Gasteiger partial charge in [0.1, 0.15) is 6.33 Å². The first-order valence-electron chi connectivity index (χ1n) is 4.73. The van der Waals surface area contributed by atoms with Gasteiger partial charge in [-0.15, -0.1) is 0 Å². The van der Waals surface area contributed by atoms with Gasteiger partial charge in [-0.2, -0.15) is 9.78 Å². The lowest BCUT2D eigenvalue weighted by Crippen LogP contribution is -2.23. The van der Waals surface area contributed by atoms with Gasteiger partial charge in [-0.25, -0.2) is 4.79 Å². The molecule has 84 valence electrons. The molecule has 1 aromatic heterocycles. The fraction of sp³-hybridized carbons (Fsp3) is 0.200. The molecule has 0 aliphatic rings. The molecule has 6 heteroatoms. The number of aromatic nitrogens is 3. The molecule has 0 aliphatic heterocycles. The third-order valence-corrected chi connectivity index (χ3v) is 2.75. The van der Waals surface area contributed by atoms with E-state index >= 15 is 0 Å². The van der Waals surface area contributed by atoms with Gasteiger partial charge >= 0.3 is 5.69 Å². The number of nitrogens with zero attached hydrogens (tertiary/aromatic N) is 3. The van der Waals surface area contributed by atoms with Crippen LogP contribution in [0.2, 0.25) is 10.0 Å². The van der Waals surface area contributed by atoms with Crippen LogP contribution in [-0.4, -0.2) is 14.3 Å². The summed E-state index contributed by atoms with van der Waals surface area (Å²) in [5.41, 5.74) is 0.315. The number of benzene rings is 1. The van der Waals surface area contributed by atoms with Crippen LogP contribution < -0.4 is 5.69 Å². The van der Waals surface area contributed by atoms with Crippen molar-refractivity contribution in [1.82, 2.24) is 14.3 Å². The predicted octanol–water partition coefficient (Wildman–Crippen LogP) is 2.36. The van der Waals surface area contributed by atoms with Crippen LogP contribution in [0.3, 0.4) is 0 Å². The summed E-state index contributed by atoms with van der Waals surface area (Å²) >= 11 is 11.8. The zero-order chi connectivity index (χ0) is 11.7. The highest BCUT2D eigenvalue weighted by atomic mass is 35.5. The van der Waals surface area contributed by atoms with Crippen LogP contribution in [0, 0.1) is 0 Å². The third-order valence-electron chi connectivity index (χ3n) is 2.21. The minimum absolute atomic E-state index is 0.216. The van der Waals surface area contributed by atoms with Crippen molar-refractivity contribution in [2.45, 2.75) is 13.5 Å². The van der Waals surface area contributed by atoms with E-state index in [9.17, 15) is 4.79 Å². The Balaban J connectivity index is 2.59. The lowest BCUT2D eigenvalue weighted by molar-refractivity contribution is 0.712. The Kier molecular flexibility index (Phi) is 3.03. The Hall–Kier alpha value is -1.26. The summed E-state index contributed by atoms with van der Waals surface area (Å²) in [6.07, 6.45) is 1.48. The summed E-state index contributed by atoms with van der Waals surface area (Å²) in [5, 5.41) is 4.91. The maximum absolute atomic E-state index is 11.8. The van der Waals surface area contributed by atoms with E-state index < -0.39 is 0 Å². The Morgan fingerprint density at radius 2 is 2.12 bits per heavy atom. The monoisotopic (exact) mass is 257 g/mol. The molecule has 0 saturated heterocycles. The van der Waals surface area contributed by atoms with Gasteiger partial charge in [0, 0.05) is 11.6 Å². The van der Waals surface area contributed by atoms with E-state index in [2.05, 4.69) is 5.10 Å². The highest BCUT2D eigenvalue weighted by Crippen LogP contribution is 2.22. The largest absolute Gasteiger partial charge is 0.350 e. The molecule has 0 spiro atoms. The SMILES string of the molecule is CCn1cnn(-c2ccc(Cl)cc2Cl)c1=O. The van der Waals surface area contributed by atoms with Crippen LogP contribution in [0.5, 0.6) is 0 Å². The highest BCUT2D eigenvalue weighted by molar-refractivity contribution is 6.35. The van der Waals surface area contributed by atoms with E-state index in [1.165, 1.54) is 15.6 Å². The van der Waals surface area contributed by atoms with Crippen molar-refractivity contribution in [3.05, 3.63) is 45.1 Å². The average Bonchev–Trinajstić information content (AvgIpc) is 2.60. The van der Waals surface area contributed by atoms with E-state index in [-0.39, 0.29) is 5.69 Å². The minimum atomic E-state index is -0.216. The molecular weight excluding hydrogens is 249 g/mol. The van der Waals surface area contributed by atoms with Gasteiger partial charge in [-0.1, -0.05) is 23.2 Å². The van der Waals surface area contributed by atoms with Gasteiger partial charge in [0.2, 0.25) is 0 Å². The van der Waals surface area contributed by atoms with Gasteiger partial charge in [-0.3, -0.25) is 4.57 Å². The van der Waals surface area contributed by atoms with Crippen LogP contribution in [0.1, 0.15) is 6.92 Å². The first kappa shape index (κ1) is 11.2. The van der Waals surface area contributed by atoms with Crippen LogP contribution in [0.4, 0.5) is 0 Å². The number of halogens is 2. The van der Waals surface area contributed by atoms with Crippen LogP contribution >= 0.6 is 23.2 Å². The molecule has 0 N–H and O–H groups in total. The molecule has 2 aromatic rings. The van der Waals surface area contributed by atoms with Crippen molar-refractivity contribution in [3.8, 4) is 5.69 Å². The van der Waals surface area contributed by atoms with Gasteiger partial charge in [0.05, 0.1) is 10.7 Å². The predicted molar refractivity (Wildman–Crippen MR) is 63.5 cm³/mol. The number of hydrogen-bond donors (Lipinski definition) is 0. The van der Waals surface area contributed by atoms with E-state index in [0.717, 1.165) is 0 Å². The molecule has 2 rings (SSSR count). The summed E-state index contributed by atoms with van der Waals surface area (Å²) in [4.78, 5) is 11.8. The summed E-state index contributed by atoms with van der Waals surface area (Å²) in [7, 11) is 0. The molecule has 0 radical (unpaired) electrons. The van der Waals surface area contributed by atoms with E-state index in [1.807, 2.05) is 6.92 Å². The van der Waals surface area contributed by atoms with E-state index in [0.29, 0.717) is 22.3 Å². The summed E-state index contributed by atoms with van der Waals surface area (Å²) in [6.45, 7) is 2.45. The summed E-state index contributed by atoms with van der Waals surface area (Å²) in [5.74, 6) is 0. The van der Waals surface area contributed by atoms with Crippen molar-refractivity contribution in [2.75, 3.05) is 0 Å². The molecule has 0 saturated carbocycles. The quantitative estimate of drug-likeness (QED) is 0.829. The molecule has 0 amide bonds. The normalized spacial score (nSPS) is 10.7. The second-order valence-electron chi connectivity index (χ2n) is 3.21. The Bertz CT molecular complexity index is 574. The smallest absolute Gasteiger partial charge is 0.281 e. The minimum Gasteiger partial charge on any atom is -0.281 e. The molecule has 4 nitrogen and oxygen atoms in total. The zero-order valence-corrected chi connectivity index (χ0v) is 10.0. The van der Waals surface area contributed by atoms with Crippen molar-refractivity contribution < 1.29 is 0 Å². The zero-order valence-electron chi connectivity index (χ0n) is 8.52. The first-order valence-corrected chi connectivity index (χ1v) is 5.49. The van der Waals surface area contributed by atoms with Crippen LogP contribution in [-0.2, 0) is 6.54 Å². The Morgan fingerprint density at radius 3 is 2.69 bits per heavy atom. The average molecular weight is 258 g/mol. The molecule has 0 aliphatic carbocycles. The Morgan fingerprint density at radius 1 is 1.38 bits per heavy atom. The second-order valence-corrected chi connectivity index (χ2v) is 4.05. The second kappa shape index (κ2) is 4.31. The van der Waals surface area contributed by atoms with Crippen molar-refractivity contribution >= 4 is 23.2 Å². The topological polar surface area (TPSA) is 39.8 Å². The number of hydrogen-bond acceptors (Lipinski definition) is 2. The highest BCUT2D eigenvalue weighted by Gasteiger charge is 2.09. The molecule has 0 atom stereocenters. The maximum Gasteiger partial charge on any atom is 0.350 e. The lowest BCUT2D eigenvalue weighted by Gasteiger charge is -2.02. The molecule has 1 aromatic carbocycles. The third kappa shape index (κ3) is 1.86. The fourth-order valence-electron chi connectivity index (χ4n) is 1.37. The van der Waals surface area contributed by atoms with Gasteiger partial charge < -0.3 is 0 Å². The fourth-order valence-corrected chi connectivity index (χ4v) is 1.86. The standard InChI is InChI=1S/C10H9Cl2N3O/c1-2-14-6-13-15(10(14)16)9-4-3-7(11)5-8(9)12/h3-6H,2H2,1H3. The molecule has 0 bridgehead atoms. The number of rotatable bonds is 2. The molecule has 1 heterocycles. The molecule has 16 heavy (non-hydrogen) atoms. The van der Waals surface area contributed by atoms with Crippen molar-refractivity contribution in [2.24, 2.45) is 0 Å². The van der Waals surface area contributed by atoms with Gasteiger partial charge in [0.15, 0.2) is 0 Å². The Labute approximate surface area is 102 Å². The summed E-state index contributed by atoms with van der Waals surface area (Å²) in [6, 6.07) is 4.91. The molecular formula is C10H9Cl2N3O. The number of aryl methyl sites for hydroxylation is 1. The molecule has 0 fully saturated rings. The van der Waals surface area contributed by atoms with E-state index in [4.69, 9.17) is 23.2 Å². The van der Waals surface area contributed by atoms with Gasteiger partial charge in [0.25, 0.3) is 0 Å². The van der Waals surface area contributed by atoms with Crippen LogP contribution in [0.15, 0.2) is 29.3 Å². The lowest BCUT2D eigenvalue weighted by atomic mass is 10.3. The van der Waals surface area contributed by atoms with Crippen molar-refractivity contribution in [1.29, 1.82) is 0 Å². The molecule has 0 unspecified atom stereocenters. The van der Waals surface area contributed by atoms with Crippen LogP contribution in [0.25, 0.3) is 5.69 Å². The first-order chi connectivity index (χ1) is 7.63. The summed E-state index contributed by atoms with van der Waals surface area (Å²) < 4.78 is 2.74.